The lowest BCUT2D eigenvalue weighted by molar-refractivity contribution is 0.0952. The van der Waals surface area contributed by atoms with E-state index in [1.807, 2.05) is 42.7 Å². The Kier molecular flexibility index (Phi) is 5.46. The molecule has 2 aliphatic heterocycles. The fourth-order valence-corrected chi connectivity index (χ4v) is 4.74. The van der Waals surface area contributed by atoms with Gasteiger partial charge in [0.2, 0.25) is 0 Å². The van der Waals surface area contributed by atoms with E-state index in [2.05, 4.69) is 49.1 Å². The van der Waals surface area contributed by atoms with Crippen molar-refractivity contribution in [2.75, 3.05) is 6.61 Å². The van der Waals surface area contributed by atoms with E-state index in [0.717, 1.165) is 42.5 Å². The molecule has 2 aliphatic rings. The lowest BCUT2D eigenvalue weighted by Crippen LogP contribution is -2.31. The van der Waals surface area contributed by atoms with Gasteiger partial charge in [-0.3, -0.25) is 9.97 Å². The Hall–Kier alpha value is -2.77. The second-order valence-electron chi connectivity index (χ2n) is 7.80. The number of thiocarbonyl (C=S) groups is 1. The van der Waals surface area contributed by atoms with Crippen LogP contribution in [0.3, 0.4) is 0 Å². The summed E-state index contributed by atoms with van der Waals surface area (Å²) in [6, 6.07) is 16.3. The second kappa shape index (κ2) is 8.53. The molecule has 6 nitrogen and oxygen atoms in total. The van der Waals surface area contributed by atoms with Crippen LogP contribution in [0.15, 0.2) is 67.1 Å². The van der Waals surface area contributed by atoms with Crippen molar-refractivity contribution in [3.8, 4) is 0 Å². The van der Waals surface area contributed by atoms with Gasteiger partial charge in [0, 0.05) is 37.4 Å². The van der Waals surface area contributed by atoms with E-state index in [4.69, 9.17) is 17.0 Å². The minimum absolute atomic E-state index is 0.0193. The summed E-state index contributed by atoms with van der Waals surface area (Å²) in [6.07, 6.45) is 8.33. The molecule has 0 radical (unpaired) electrons. The first-order valence-electron chi connectivity index (χ1n) is 10.4. The molecule has 30 heavy (non-hydrogen) atoms. The van der Waals surface area contributed by atoms with Gasteiger partial charge in [-0.1, -0.05) is 12.1 Å². The highest BCUT2D eigenvalue weighted by atomic mass is 32.1. The van der Waals surface area contributed by atoms with Crippen molar-refractivity contribution >= 4 is 17.3 Å². The van der Waals surface area contributed by atoms with E-state index in [0.29, 0.717) is 6.54 Å². The number of hydrogen-bond acceptors (Lipinski definition) is 4. The quantitative estimate of drug-likeness (QED) is 0.616. The molecular formula is C23H25N5OS. The van der Waals surface area contributed by atoms with Crippen molar-refractivity contribution in [1.29, 1.82) is 0 Å². The van der Waals surface area contributed by atoms with Gasteiger partial charge in [-0.05, 0) is 61.5 Å². The van der Waals surface area contributed by atoms with Gasteiger partial charge in [-0.2, -0.15) is 0 Å². The lowest BCUT2D eigenvalue weighted by atomic mass is 10.0. The van der Waals surface area contributed by atoms with Crippen molar-refractivity contribution in [3.05, 3.63) is 84.2 Å². The normalized spacial score (nSPS) is 23.7. The minimum atomic E-state index is -0.0273. The number of ether oxygens (including phenoxy) is 1. The molecule has 5 rings (SSSR count). The molecule has 3 aromatic heterocycles. The summed E-state index contributed by atoms with van der Waals surface area (Å²) in [6.45, 7) is 2.36. The van der Waals surface area contributed by atoms with E-state index in [1.54, 1.807) is 0 Å². The van der Waals surface area contributed by atoms with Gasteiger partial charge in [0.25, 0.3) is 0 Å². The predicted octanol–water partition coefficient (Wildman–Crippen LogP) is 3.63. The summed E-state index contributed by atoms with van der Waals surface area (Å²) in [5, 5.41) is 4.25. The maximum absolute atomic E-state index is 5.90. The average molecular weight is 420 g/mol. The Morgan fingerprint density at radius 2 is 1.93 bits per heavy atom. The molecule has 2 fully saturated rings. The predicted molar refractivity (Wildman–Crippen MR) is 119 cm³/mol. The zero-order valence-corrected chi connectivity index (χ0v) is 17.5. The first-order valence-corrected chi connectivity index (χ1v) is 10.8. The van der Waals surface area contributed by atoms with Gasteiger partial charge in [0.1, 0.15) is 0 Å². The van der Waals surface area contributed by atoms with Gasteiger partial charge in [-0.25, -0.2) is 0 Å². The van der Waals surface area contributed by atoms with Crippen LogP contribution in [0.4, 0.5) is 0 Å². The molecule has 0 amide bonds. The third-order valence-corrected chi connectivity index (χ3v) is 6.20. The smallest absolute Gasteiger partial charge is 0.170 e. The maximum Gasteiger partial charge on any atom is 0.170 e. The summed E-state index contributed by atoms with van der Waals surface area (Å²) < 4.78 is 8.22. The van der Waals surface area contributed by atoms with Gasteiger partial charge in [-0.15, -0.1) is 0 Å². The number of rotatable bonds is 6. The van der Waals surface area contributed by atoms with Crippen LogP contribution in [0, 0.1) is 0 Å². The molecular weight excluding hydrogens is 394 g/mol. The Bertz CT molecular complexity index is 987. The second-order valence-corrected chi connectivity index (χ2v) is 8.18. The zero-order valence-electron chi connectivity index (χ0n) is 16.7. The molecule has 0 unspecified atom stereocenters. The van der Waals surface area contributed by atoms with Crippen LogP contribution in [0.2, 0.25) is 0 Å². The fraction of sp³-hybridized carbons (Fsp3) is 0.348. The molecule has 154 valence electrons. The van der Waals surface area contributed by atoms with Gasteiger partial charge in [0.05, 0.1) is 36.1 Å². The van der Waals surface area contributed by atoms with Crippen molar-refractivity contribution in [1.82, 2.24) is 24.8 Å². The number of pyridine rings is 2. The summed E-state index contributed by atoms with van der Waals surface area (Å²) in [7, 11) is 0. The molecule has 0 saturated carbocycles. The fourth-order valence-electron chi connectivity index (χ4n) is 4.43. The Morgan fingerprint density at radius 3 is 2.67 bits per heavy atom. The van der Waals surface area contributed by atoms with Crippen LogP contribution in [0.1, 0.15) is 42.0 Å². The number of aromatic nitrogens is 3. The third kappa shape index (κ3) is 3.82. The minimum Gasteiger partial charge on any atom is -0.376 e. The Morgan fingerprint density at radius 1 is 1.07 bits per heavy atom. The summed E-state index contributed by atoms with van der Waals surface area (Å²) in [5.41, 5.74) is 3.19. The van der Waals surface area contributed by atoms with E-state index < -0.39 is 0 Å². The van der Waals surface area contributed by atoms with Crippen LogP contribution in [-0.2, 0) is 17.8 Å². The van der Waals surface area contributed by atoms with Crippen LogP contribution in [-0.4, -0.2) is 37.3 Å². The largest absolute Gasteiger partial charge is 0.376 e. The van der Waals surface area contributed by atoms with Gasteiger partial charge in [0.15, 0.2) is 5.11 Å². The summed E-state index contributed by atoms with van der Waals surface area (Å²) in [5.74, 6) is 0. The van der Waals surface area contributed by atoms with Crippen molar-refractivity contribution in [2.45, 2.75) is 44.1 Å². The molecule has 0 aromatic carbocycles. The molecule has 7 heteroatoms. The van der Waals surface area contributed by atoms with Crippen LogP contribution in [0.5, 0.6) is 0 Å². The van der Waals surface area contributed by atoms with Crippen molar-refractivity contribution < 1.29 is 4.74 Å². The van der Waals surface area contributed by atoms with Crippen LogP contribution in [0.25, 0.3) is 0 Å². The lowest BCUT2D eigenvalue weighted by Gasteiger charge is -2.29. The Labute approximate surface area is 181 Å². The molecule has 0 aliphatic carbocycles. The number of hydrogen-bond donors (Lipinski definition) is 1. The standard InChI is InChI=1S/C23H25N5OS/c30-23-26-21(19-9-2-4-12-25-19)22(28(23)15-17-7-1-3-11-24-17)20-10-5-13-27(20)16-18-8-6-14-29-18/h1-5,7,9-13,18,21-22H,6,8,14-16H2,(H,26,30)/t18-,21-,22-/m1/s1. The van der Waals surface area contributed by atoms with Crippen LogP contribution < -0.4 is 5.32 Å². The summed E-state index contributed by atoms with van der Waals surface area (Å²) in [4.78, 5) is 11.4. The number of nitrogens with zero attached hydrogens (tertiary/aromatic N) is 4. The maximum atomic E-state index is 5.90. The van der Waals surface area contributed by atoms with E-state index >= 15 is 0 Å². The van der Waals surface area contributed by atoms with Crippen LogP contribution >= 0.6 is 12.2 Å². The Balaban J connectivity index is 1.51. The molecule has 2 saturated heterocycles. The monoisotopic (exact) mass is 419 g/mol. The topological polar surface area (TPSA) is 55.2 Å². The first-order chi connectivity index (χ1) is 14.8. The van der Waals surface area contributed by atoms with Crippen molar-refractivity contribution in [2.24, 2.45) is 0 Å². The highest BCUT2D eigenvalue weighted by Gasteiger charge is 2.41. The molecule has 3 aromatic rings. The van der Waals surface area contributed by atoms with Gasteiger partial charge < -0.3 is 19.5 Å². The molecule has 0 spiro atoms. The summed E-state index contributed by atoms with van der Waals surface area (Å²) >= 11 is 5.78. The third-order valence-electron chi connectivity index (χ3n) is 5.85. The molecule has 1 N–H and O–H groups in total. The van der Waals surface area contributed by atoms with Gasteiger partial charge >= 0.3 is 0 Å². The van der Waals surface area contributed by atoms with E-state index in [-0.39, 0.29) is 18.2 Å². The van der Waals surface area contributed by atoms with E-state index in [9.17, 15) is 0 Å². The van der Waals surface area contributed by atoms with Crippen molar-refractivity contribution in [3.63, 3.8) is 0 Å². The SMILES string of the molecule is S=C1N[C@H](c2ccccn2)[C@@H](c2cccn2C[C@H]2CCCO2)N1Cc1ccccn1. The highest BCUT2D eigenvalue weighted by Crippen LogP contribution is 2.39. The zero-order chi connectivity index (χ0) is 20.3. The average Bonchev–Trinajstić information content (AvgIpc) is 3.52. The molecule has 3 atom stereocenters. The van der Waals surface area contributed by atoms with E-state index in [1.165, 1.54) is 5.69 Å². The molecule has 0 bridgehead atoms. The first kappa shape index (κ1) is 19.2. The highest BCUT2D eigenvalue weighted by molar-refractivity contribution is 7.80. The number of nitrogens with one attached hydrogen (secondary N) is 1. The molecule has 5 heterocycles.